The smallest absolute Gasteiger partial charge is 0.391 e. The second-order valence-corrected chi connectivity index (χ2v) is 4.54. The van der Waals surface area contributed by atoms with Gasteiger partial charge in [-0.3, -0.25) is 4.79 Å². The first-order valence-electron chi connectivity index (χ1n) is 5.51. The maximum absolute atomic E-state index is 12.0. The zero-order chi connectivity index (χ0) is 13.9. The SMILES string of the molecule is CC(CC(F)(F)F)NC(=O)N1CC(CC(=O)O)C1. The molecule has 0 aromatic heterocycles. The molecule has 0 aliphatic carbocycles. The van der Waals surface area contributed by atoms with E-state index in [9.17, 15) is 22.8 Å². The second kappa shape index (κ2) is 5.45. The second-order valence-electron chi connectivity index (χ2n) is 4.54. The first kappa shape index (κ1) is 14.6. The molecule has 104 valence electrons. The number of amides is 2. The highest BCUT2D eigenvalue weighted by atomic mass is 19.4. The number of carbonyl (C=O) groups excluding carboxylic acids is 1. The van der Waals surface area contributed by atoms with E-state index in [-0.39, 0.29) is 25.4 Å². The van der Waals surface area contributed by atoms with Gasteiger partial charge in [0, 0.05) is 25.0 Å². The van der Waals surface area contributed by atoms with Crippen molar-refractivity contribution in [3.63, 3.8) is 0 Å². The van der Waals surface area contributed by atoms with E-state index in [0.717, 1.165) is 0 Å². The van der Waals surface area contributed by atoms with Crippen LogP contribution in [0.5, 0.6) is 0 Å². The number of halogens is 3. The summed E-state index contributed by atoms with van der Waals surface area (Å²) < 4.78 is 36.1. The first-order valence-corrected chi connectivity index (χ1v) is 5.51. The number of carboxylic acids is 1. The van der Waals surface area contributed by atoms with Crippen LogP contribution in [0.1, 0.15) is 19.8 Å². The molecule has 0 saturated carbocycles. The Morgan fingerprint density at radius 2 is 2.00 bits per heavy atom. The molecule has 1 rings (SSSR count). The van der Waals surface area contributed by atoms with Crippen LogP contribution in [0, 0.1) is 5.92 Å². The lowest BCUT2D eigenvalue weighted by atomic mass is 9.97. The quantitative estimate of drug-likeness (QED) is 0.810. The normalized spacial score (nSPS) is 18.1. The van der Waals surface area contributed by atoms with Gasteiger partial charge >= 0.3 is 18.2 Å². The Hall–Kier alpha value is -1.47. The summed E-state index contributed by atoms with van der Waals surface area (Å²) in [6.45, 7) is 1.83. The lowest BCUT2D eigenvalue weighted by molar-refractivity contribution is -0.140. The monoisotopic (exact) mass is 268 g/mol. The minimum absolute atomic E-state index is 0.0259. The largest absolute Gasteiger partial charge is 0.481 e. The fraction of sp³-hybridized carbons (Fsp3) is 0.800. The van der Waals surface area contributed by atoms with Crippen LogP contribution < -0.4 is 5.32 Å². The Balaban J connectivity index is 2.25. The molecule has 0 spiro atoms. The van der Waals surface area contributed by atoms with Crippen molar-refractivity contribution in [2.45, 2.75) is 32.0 Å². The molecule has 1 fully saturated rings. The lowest BCUT2D eigenvalue weighted by Crippen LogP contribution is -2.55. The number of carbonyl (C=O) groups is 2. The minimum atomic E-state index is -4.31. The highest BCUT2D eigenvalue weighted by Gasteiger charge is 2.34. The fourth-order valence-corrected chi connectivity index (χ4v) is 1.81. The molecule has 1 atom stereocenters. The van der Waals surface area contributed by atoms with Crippen LogP contribution in [-0.2, 0) is 4.79 Å². The summed E-state index contributed by atoms with van der Waals surface area (Å²) in [5, 5.41) is 10.7. The molecule has 1 aliphatic rings. The molecule has 2 N–H and O–H groups in total. The molecule has 1 aliphatic heterocycles. The molecular weight excluding hydrogens is 253 g/mol. The van der Waals surface area contributed by atoms with Gasteiger partial charge < -0.3 is 15.3 Å². The maximum atomic E-state index is 12.0. The van der Waals surface area contributed by atoms with Crippen molar-refractivity contribution >= 4 is 12.0 Å². The summed E-state index contributed by atoms with van der Waals surface area (Å²) in [7, 11) is 0. The minimum Gasteiger partial charge on any atom is -0.481 e. The van der Waals surface area contributed by atoms with Crippen molar-refractivity contribution < 1.29 is 27.9 Å². The molecule has 0 radical (unpaired) electrons. The molecule has 8 heteroatoms. The first-order chi connectivity index (χ1) is 8.17. The van der Waals surface area contributed by atoms with Gasteiger partial charge in [-0.2, -0.15) is 13.2 Å². The van der Waals surface area contributed by atoms with E-state index in [1.807, 2.05) is 0 Å². The van der Waals surface area contributed by atoms with Gasteiger partial charge in [0.25, 0.3) is 0 Å². The molecule has 5 nitrogen and oxygen atoms in total. The van der Waals surface area contributed by atoms with Crippen molar-refractivity contribution in [3.8, 4) is 0 Å². The highest BCUT2D eigenvalue weighted by molar-refractivity contribution is 5.76. The van der Waals surface area contributed by atoms with Gasteiger partial charge in [0.2, 0.25) is 0 Å². The Bertz CT molecular complexity index is 327. The number of nitrogens with zero attached hydrogens (tertiary/aromatic N) is 1. The van der Waals surface area contributed by atoms with E-state index >= 15 is 0 Å². The average Bonchev–Trinajstić information content (AvgIpc) is 2.05. The van der Waals surface area contributed by atoms with Crippen molar-refractivity contribution in [1.82, 2.24) is 10.2 Å². The standard InChI is InChI=1S/C10H15F3N2O3/c1-6(3-10(11,12)13)14-9(18)15-4-7(5-15)2-8(16)17/h6-7H,2-5H2,1H3,(H,14,18)(H,16,17). The zero-order valence-corrected chi connectivity index (χ0v) is 9.83. The van der Waals surface area contributed by atoms with Crippen LogP contribution in [0.25, 0.3) is 0 Å². The van der Waals surface area contributed by atoms with E-state index in [1.165, 1.54) is 11.8 Å². The van der Waals surface area contributed by atoms with Gasteiger partial charge in [0.05, 0.1) is 12.8 Å². The van der Waals surface area contributed by atoms with Crippen molar-refractivity contribution in [2.75, 3.05) is 13.1 Å². The van der Waals surface area contributed by atoms with E-state index in [2.05, 4.69) is 5.32 Å². The molecule has 18 heavy (non-hydrogen) atoms. The Morgan fingerprint density at radius 1 is 1.44 bits per heavy atom. The number of rotatable bonds is 4. The molecule has 1 heterocycles. The predicted molar refractivity (Wildman–Crippen MR) is 56.0 cm³/mol. The summed E-state index contributed by atoms with van der Waals surface area (Å²) in [5.41, 5.74) is 0. The molecule has 0 aromatic carbocycles. The van der Waals surface area contributed by atoms with Crippen LogP contribution in [0.4, 0.5) is 18.0 Å². The molecule has 2 amide bonds. The van der Waals surface area contributed by atoms with E-state index < -0.39 is 30.6 Å². The zero-order valence-electron chi connectivity index (χ0n) is 9.83. The summed E-state index contributed by atoms with van der Waals surface area (Å²) in [4.78, 5) is 23.1. The van der Waals surface area contributed by atoms with Crippen LogP contribution in [0.2, 0.25) is 0 Å². The van der Waals surface area contributed by atoms with Gasteiger partial charge in [-0.15, -0.1) is 0 Å². The molecular formula is C10H15F3N2O3. The number of hydrogen-bond donors (Lipinski definition) is 2. The Kier molecular flexibility index (Phi) is 4.42. The van der Waals surface area contributed by atoms with Crippen LogP contribution >= 0.6 is 0 Å². The average molecular weight is 268 g/mol. The number of carboxylic acid groups (broad SMARTS) is 1. The van der Waals surface area contributed by atoms with Gasteiger partial charge in [-0.05, 0) is 6.92 Å². The van der Waals surface area contributed by atoms with Crippen molar-refractivity contribution in [3.05, 3.63) is 0 Å². The van der Waals surface area contributed by atoms with E-state index in [4.69, 9.17) is 5.11 Å². The van der Waals surface area contributed by atoms with Crippen molar-refractivity contribution in [2.24, 2.45) is 5.92 Å². The van der Waals surface area contributed by atoms with Gasteiger partial charge in [-0.25, -0.2) is 4.79 Å². The third-order valence-corrected chi connectivity index (χ3v) is 2.62. The number of likely N-dealkylation sites (tertiary alicyclic amines) is 1. The summed E-state index contributed by atoms with van der Waals surface area (Å²) in [6.07, 6.45) is -5.42. The summed E-state index contributed by atoms with van der Waals surface area (Å²) >= 11 is 0. The maximum Gasteiger partial charge on any atom is 0.391 e. The van der Waals surface area contributed by atoms with Gasteiger partial charge in [0.1, 0.15) is 0 Å². The third kappa shape index (κ3) is 4.80. The third-order valence-electron chi connectivity index (χ3n) is 2.62. The van der Waals surface area contributed by atoms with E-state index in [0.29, 0.717) is 0 Å². The van der Waals surface area contributed by atoms with Crippen LogP contribution in [-0.4, -0.2) is 47.3 Å². The molecule has 0 aromatic rings. The fourth-order valence-electron chi connectivity index (χ4n) is 1.81. The summed E-state index contributed by atoms with van der Waals surface area (Å²) in [6, 6.07) is -1.57. The van der Waals surface area contributed by atoms with Gasteiger partial charge in [-0.1, -0.05) is 0 Å². The number of hydrogen-bond acceptors (Lipinski definition) is 2. The van der Waals surface area contributed by atoms with Gasteiger partial charge in [0.15, 0.2) is 0 Å². The lowest BCUT2D eigenvalue weighted by Gasteiger charge is -2.39. The topological polar surface area (TPSA) is 69.6 Å². The Labute approximate surface area is 102 Å². The molecule has 1 saturated heterocycles. The molecule has 1 unspecified atom stereocenters. The number of alkyl halides is 3. The number of aliphatic carboxylic acids is 1. The summed E-state index contributed by atoms with van der Waals surface area (Å²) in [5.74, 6) is -1.04. The van der Waals surface area contributed by atoms with Crippen molar-refractivity contribution in [1.29, 1.82) is 0 Å². The molecule has 0 bridgehead atoms. The number of urea groups is 1. The Morgan fingerprint density at radius 3 is 2.44 bits per heavy atom. The van der Waals surface area contributed by atoms with Crippen LogP contribution in [0.15, 0.2) is 0 Å². The van der Waals surface area contributed by atoms with E-state index in [1.54, 1.807) is 0 Å². The predicted octanol–water partition coefficient (Wildman–Crippen LogP) is 1.44. The van der Waals surface area contributed by atoms with Crippen LogP contribution in [0.3, 0.4) is 0 Å². The highest BCUT2D eigenvalue weighted by Crippen LogP contribution is 2.22. The number of nitrogens with one attached hydrogen (secondary N) is 1.